The maximum absolute atomic E-state index is 13.4. The number of carbonyl (C=O) groups excluding carboxylic acids is 5. The number of rotatable bonds is 11. The first-order valence-corrected chi connectivity index (χ1v) is 22.6. The molecular weight excluding hydrogens is 799 g/mol. The van der Waals surface area contributed by atoms with Gasteiger partial charge in [-0.1, -0.05) is 18.2 Å². The van der Waals surface area contributed by atoms with Crippen molar-refractivity contribution in [1.82, 2.24) is 30.7 Å². The number of nitrogens with zero attached hydrogens (tertiary/aromatic N) is 4. The molecule has 9 rings (SSSR count). The van der Waals surface area contributed by atoms with E-state index >= 15 is 0 Å². The fourth-order valence-corrected chi connectivity index (χ4v) is 10.6. The molecule has 6 N–H and O–H groups in total. The Morgan fingerprint density at radius 3 is 2.16 bits per heavy atom. The van der Waals surface area contributed by atoms with Crippen molar-refractivity contribution in [3.8, 4) is 11.5 Å². The number of hydrogen-bond donors (Lipinski definition) is 5. The van der Waals surface area contributed by atoms with E-state index in [0.29, 0.717) is 52.7 Å². The van der Waals surface area contributed by atoms with Crippen LogP contribution in [0.5, 0.6) is 11.5 Å². The molecule has 4 saturated heterocycles. The molecular formula is C48H57N9O6. The monoisotopic (exact) mass is 855 g/mol. The highest BCUT2D eigenvalue weighted by Gasteiger charge is 2.45. The van der Waals surface area contributed by atoms with Gasteiger partial charge in [-0.3, -0.25) is 44.5 Å². The van der Waals surface area contributed by atoms with Crippen LogP contribution in [0.25, 0.3) is 0 Å². The van der Waals surface area contributed by atoms with Crippen molar-refractivity contribution in [2.75, 3.05) is 57.3 Å². The topological polar surface area (TPSA) is 193 Å². The standard InChI is InChI=1S/C48H57N9O6/c49-43(32-8-13-36(14-9-32)63-35-4-2-1-3-5-35)42(44(50)59)45-51-21-18-39(52-45)31-6-10-33(11-7-31)56-26-24-54(25-27-56)29-30-19-22-55(23-20-30)34-12-15-37-38(28-34)48(62)57(47(37)61)40-16-17-41(58)53-46(40)60/h1-5,8-9,12-15,28,30-31,33,39-40,49,51-52H,6-7,10-11,16-27,29H2,(H2,50,59)(H,53,58,60)/b45-42+,49-43?/t31?,33?,39-,40?/m0/s1. The summed E-state index contributed by atoms with van der Waals surface area (Å²) in [5.74, 6) is 0.431. The third-order valence-electron chi connectivity index (χ3n) is 14.1. The molecule has 0 aromatic heterocycles. The molecule has 2 atom stereocenters. The molecule has 3 aromatic rings. The van der Waals surface area contributed by atoms with Crippen LogP contribution in [-0.4, -0.2) is 120 Å². The van der Waals surface area contributed by atoms with Crippen molar-refractivity contribution in [2.45, 2.75) is 75.9 Å². The van der Waals surface area contributed by atoms with E-state index < -0.39 is 29.7 Å². The lowest BCUT2D eigenvalue weighted by Crippen LogP contribution is -2.54. The molecule has 15 nitrogen and oxygen atoms in total. The Bertz CT molecular complexity index is 2280. The molecule has 5 heterocycles. The average molecular weight is 856 g/mol. The second-order valence-corrected chi connectivity index (χ2v) is 17.9. The zero-order valence-electron chi connectivity index (χ0n) is 35.7. The third kappa shape index (κ3) is 9.07. The predicted molar refractivity (Wildman–Crippen MR) is 237 cm³/mol. The van der Waals surface area contributed by atoms with Crippen LogP contribution < -0.4 is 31.3 Å². The summed E-state index contributed by atoms with van der Waals surface area (Å²) in [6.07, 6.45) is 7.84. The van der Waals surface area contributed by atoms with Gasteiger partial charge in [-0.15, -0.1) is 0 Å². The predicted octanol–water partition coefficient (Wildman–Crippen LogP) is 3.99. The van der Waals surface area contributed by atoms with Crippen LogP contribution in [0.4, 0.5) is 5.69 Å². The van der Waals surface area contributed by atoms with Crippen molar-refractivity contribution in [3.05, 3.63) is 101 Å². The van der Waals surface area contributed by atoms with Crippen molar-refractivity contribution >= 4 is 40.9 Å². The van der Waals surface area contributed by atoms with E-state index in [0.717, 1.165) is 107 Å². The number of para-hydroxylation sites is 1. The number of ether oxygens (including phenoxy) is 1. The van der Waals surface area contributed by atoms with Crippen LogP contribution in [0.15, 0.2) is 84.2 Å². The summed E-state index contributed by atoms with van der Waals surface area (Å²) in [5.41, 5.74) is 8.30. The molecule has 0 radical (unpaired) electrons. The van der Waals surface area contributed by atoms with E-state index in [9.17, 15) is 24.0 Å². The van der Waals surface area contributed by atoms with Crippen molar-refractivity contribution in [3.63, 3.8) is 0 Å². The van der Waals surface area contributed by atoms with Gasteiger partial charge in [-0.25, -0.2) is 0 Å². The quantitative estimate of drug-likeness (QED) is 0.106. The summed E-state index contributed by atoms with van der Waals surface area (Å²) in [4.78, 5) is 72.1. The highest BCUT2D eigenvalue weighted by Crippen LogP contribution is 2.35. The number of nitrogens with one attached hydrogen (secondary N) is 4. The number of imide groups is 2. The van der Waals surface area contributed by atoms with Crippen molar-refractivity contribution < 1.29 is 28.7 Å². The number of amides is 5. The Labute approximate surface area is 367 Å². The summed E-state index contributed by atoms with van der Waals surface area (Å²) in [7, 11) is 0. The molecule has 3 aromatic carbocycles. The smallest absolute Gasteiger partial charge is 0.262 e. The summed E-state index contributed by atoms with van der Waals surface area (Å²) in [6.45, 7) is 7.84. The lowest BCUT2D eigenvalue weighted by atomic mass is 9.79. The Balaban J connectivity index is 0.716. The summed E-state index contributed by atoms with van der Waals surface area (Å²) < 4.78 is 5.91. The fourth-order valence-electron chi connectivity index (χ4n) is 10.6. The van der Waals surface area contributed by atoms with E-state index in [-0.39, 0.29) is 36.1 Å². The van der Waals surface area contributed by atoms with Gasteiger partial charge in [0.25, 0.3) is 17.7 Å². The molecule has 1 unspecified atom stereocenters. The minimum Gasteiger partial charge on any atom is -0.457 e. The van der Waals surface area contributed by atoms with Crippen LogP contribution in [0.3, 0.4) is 0 Å². The van der Waals surface area contributed by atoms with E-state index in [4.69, 9.17) is 15.9 Å². The largest absolute Gasteiger partial charge is 0.457 e. The number of primary amides is 1. The van der Waals surface area contributed by atoms with E-state index in [1.54, 1.807) is 36.4 Å². The average Bonchev–Trinajstić information content (AvgIpc) is 3.55. The number of piperidine rings is 2. The maximum Gasteiger partial charge on any atom is 0.262 e. The second-order valence-electron chi connectivity index (χ2n) is 17.9. The number of hydrogen-bond acceptors (Lipinski definition) is 12. The van der Waals surface area contributed by atoms with Crippen LogP contribution in [0.2, 0.25) is 0 Å². The van der Waals surface area contributed by atoms with E-state index in [1.807, 2.05) is 36.4 Å². The van der Waals surface area contributed by atoms with Gasteiger partial charge in [0, 0.05) is 82.1 Å². The molecule has 0 bridgehead atoms. The van der Waals surface area contributed by atoms with Gasteiger partial charge < -0.3 is 30.9 Å². The molecule has 63 heavy (non-hydrogen) atoms. The number of anilines is 1. The highest BCUT2D eigenvalue weighted by atomic mass is 16.5. The Hall–Kier alpha value is -6.06. The minimum absolute atomic E-state index is 0.0777. The normalized spacial score (nSPS) is 25.8. The molecule has 5 aliphatic heterocycles. The maximum atomic E-state index is 13.4. The van der Waals surface area contributed by atoms with Crippen molar-refractivity contribution in [2.24, 2.45) is 17.6 Å². The molecule has 330 valence electrons. The first kappa shape index (κ1) is 42.3. The van der Waals surface area contributed by atoms with Gasteiger partial charge in [-0.2, -0.15) is 0 Å². The number of carbonyl (C=O) groups is 5. The number of fused-ring (bicyclic) bond motifs is 1. The van der Waals surface area contributed by atoms with Crippen LogP contribution in [0, 0.1) is 17.2 Å². The molecule has 15 heteroatoms. The van der Waals surface area contributed by atoms with Gasteiger partial charge in [0.05, 0.1) is 16.8 Å². The first-order chi connectivity index (χ1) is 30.6. The summed E-state index contributed by atoms with van der Waals surface area (Å²) in [6, 6.07) is 21.9. The lowest BCUT2D eigenvalue weighted by molar-refractivity contribution is -0.136. The van der Waals surface area contributed by atoms with E-state index in [1.165, 1.54) is 0 Å². The Morgan fingerprint density at radius 1 is 0.762 bits per heavy atom. The third-order valence-corrected chi connectivity index (χ3v) is 14.1. The molecule has 5 amide bonds. The highest BCUT2D eigenvalue weighted by molar-refractivity contribution is 6.27. The van der Waals surface area contributed by atoms with Crippen molar-refractivity contribution in [1.29, 1.82) is 5.41 Å². The molecule has 1 aliphatic carbocycles. The number of nitrogens with two attached hydrogens (primary N) is 1. The van der Waals surface area contributed by atoms with Gasteiger partial charge >= 0.3 is 0 Å². The summed E-state index contributed by atoms with van der Waals surface area (Å²) in [5, 5.41) is 18.2. The number of benzene rings is 3. The molecule has 1 saturated carbocycles. The fraction of sp³-hybridized carbons (Fsp3) is 0.458. The number of piperazine rings is 1. The first-order valence-electron chi connectivity index (χ1n) is 22.6. The van der Waals surface area contributed by atoms with Crippen LogP contribution in [-0.2, 0) is 14.4 Å². The molecule has 0 spiro atoms. The van der Waals surface area contributed by atoms with E-state index in [2.05, 4.69) is 30.7 Å². The Kier molecular flexibility index (Phi) is 12.3. The van der Waals surface area contributed by atoms with Gasteiger partial charge in [0.2, 0.25) is 11.8 Å². The Morgan fingerprint density at radius 2 is 1.46 bits per heavy atom. The summed E-state index contributed by atoms with van der Waals surface area (Å²) >= 11 is 0. The van der Waals surface area contributed by atoms with Gasteiger partial charge in [0.1, 0.15) is 28.9 Å². The van der Waals surface area contributed by atoms with Gasteiger partial charge in [-0.05, 0) is 118 Å². The zero-order valence-corrected chi connectivity index (χ0v) is 35.7. The van der Waals surface area contributed by atoms with Crippen LogP contribution >= 0.6 is 0 Å². The minimum atomic E-state index is -0.965. The molecule has 5 fully saturated rings. The van der Waals surface area contributed by atoms with Crippen LogP contribution in [0.1, 0.15) is 84.1 Å². The second kappa shape index (κ2) is 18.3. The SMILES string of the molecule is N=C(/C(C(N)=O)=C1/NCC[C@@H](C2CCC(N3CCN(CC4CCN(c5ccc6c(c5)C(=O)N(C5CCC(=O)NC5=O)C6=O)CC4)CC3)CC2)N1)c1ccc(Oc2ccccc2)cc1. The van der Waals surface area contributed by atoms with Gasteiger partial charge in [0.15, 0.2) is 0 Å². The zero-order chi connectivity index (χ0) is 43.6. The molecule has 6 aliphatic rings. The lowest BCUT2D eigenvalue weighted by Gasteiger charge is -2.45.